The maximum absolute atomic E-state index is 3.71. The molecule has 0 aliphatic rings. The molecular weight excluding hydrogens is 484 g/mol. The number of aromatic amines is 1. The minimum absolute atomic E-state index is 0.621. The van der Waals surface area contributed by atoms with Crippen molar-refractivity contribution in [2.45, 2.75) is 226 Å². The van der Waals surface area contributed by atoms with E-state index in [4.69, 9.17) is 0 Å². The van der Waals surface area contributed by atoms with Crippen LogP contribution in [-0.2, 0) is 0 Å². The van der Waals surface area contributed by atoms with Crippen molar-refractivity contribution in [1.29, 1.82) is 0 Å². The van der Waals surface area contributed by atoms with Gasteiger partial charge in [-0.15, -0.1) is 0 Å². The van der Waals surface area contributed by atoms with Crippen LogP contribution in [0.15, 0.2) is 12.4 Å². The Bertz CT molecular complexity index is 621. The van der Waals surface area contributed by atoms with E-state index in [1.54, 1.807) is 0 Å². The molecule has 0 spiro atoms. The Morgan fingerprint density at radius 3 is 1.23 bits per heavy atom. The van der Waals surface area contributed by atoms with E-state index < -0.39 is 0 Å². The molecule has 1 N–H and O–H groups in total. The first-order valence-corrected chi connectivity index (χ1v) is 18.8. The number of aromatic nitrogens is 2. The number of H-pyrrole nitrogens is 1. The van der Waals surface area contributed by atoms with Crippen LogP contribution < -0.4 is 4.57 Å². The highest BCUT2D eigenvalue weighted by Gasteiger charge is 2.25. The molecule has 0 saturated heterocycles. The fraction of sp³-hybridized carbons (Fsp3) is 0.921. The third kappa shape index (κ3) is 20.1. The van der Waals surface area contributed by atoms with Gasteiger partial charge in [-0.3, -0.25) is 0 Å². The zero-order valence-corrected chi connectivity index (χ0v) is 28.3. The zero-order chi connectivity index (χ0) is 28.9. The highest BCUT2D eigenvalue weighted by molar-refractivity contribution is 4.90. The van der Waals surface area contributed by atoms with Gasteiger partial charge in [0.1, 0.15) is 12.4 Å². The summed E-state index contributed by atoms with van der Waals surface area (Å²) in [5.41, 5.74) is 0. The second kappa shape index (κ2) is 28.3. The lowest BCUT2D eigenvalue weighted by molar-refractivity contribution is -0.727. The number of nitrogens with one attached hydrogen (secondary N) is 1. The smallest absolute Gasteiger partial charge is 0.247 e. The summed E-state index contributed by atoms with van der Waals surface area (Å²) in [5.74, 6) is 2.24. The van der Waals surface area contributed by atoms with Gasteiger partial charge in [0, 0.05) is 0 Å². The highest BCUT2D eigenvalue weighted by atomic mass is 15.1. The van der Waals surface area contributed by atoms with Gasteiger partial charge in [-0.1, -0.05) is 181 Å². The Morgan fingerprint density at radius 1 is 0.475 bits per heavy atom. The van der Waals surface area contributed by atoms with Gasteiger partial charge in [-0.25, -0.2) is 9.55 Å². The first-order chi connectivity index (χ1) is 19.7. The van der Waals surface area contributed by atoms with Crippen LogP contribution in [0.2, 0.25) is 0 Å². The molecule has 1 aromatic rings. The van der Waals surface area contributed by atoms with Crippen molar-refractivity contribution in [3.63, 3.8) is 0 Å². The van der Waals surface area contributed by atoms with Gasteiger partial charge < -0.3 is 0 Å². The minimum atomic E-state index is 0.621. The topological polar surface area (TPSA) is 19.7 Å². The Kier molecular flexibility index (Phi) is 26.4. The molecule has 2 unspecified atom stereocenters. The third-order valence-electron chi connectivity index (χ3n) is 9.39. The molecular formula is C38H75N2+. The monoisotopic (exact) mass is 560 g/mol. The van der Waals surface area contributed by atoms with E-state index in [1.165, 1.54) is 192 Å². The Labute approximate surface area is 253 Å². The lowest BCUT2D eigenvalue weighted by atomic mass is 9.93. The predicted molar refractivity (Wildman–Crippen MR) is 179 cm³/mol. The molecule has 0 aromatic carbocycles. The summed E-state index contributed by atoms with van der Waals surface area (Å²) in [6.45, 7) is 9.41. The Balaban J connectivity index is 2.28. The molecule has 0 radical (unpaired) electrons. The van der Waals surface area contributed by atoms with Crippen LogP contribution in [0.5, 0.6) is 0 Å². The third-order valence-corrected chi connectivity index (χ3v) is 9.39. The number of rotatable bonds is 31. The summed E-state index contributed by atoms with van der Waals surface area (Å²) in [5, 5.41) is 0. The normalized spacial score (nSPS) is 13.2. The molecule has 2 atom stereocenters. The summed E-state index contributed by atoms with van der Waals surface area (Å²) in [7, 11) is 0. The summed E-state index contributed by atoms with van der Waals surface area (Å²) in [4.78, 5) is 3.71. The largest absolute Gasteiger partial charge is 0.257 e. The molecule has 1 aromatic heterocycles. The lowest BCUT2D eigenvalue weighted by Crippen LogP contribution is -2.41. The molecule has 236 valence electrons. The number of hydrogen-bond acceptors (Lipinski definition) is 0. The molecule has 40 heavy (non-hydrogen) atoms. The molecule has 2 heteroatoms. The van der Waals surface area contributed by atoms with Gasteiger partial charge in [0.25, 0.3) is 5.82 Å². The van der Waals surface area contributed by atoms with Gasteiger partial charge in [-0.05, 0) is 32.6 Å². The quantitative estimate of drug-likeness (QED) is 0.0689. The molecule has 0 fully saturated rings. The Hall–Kier alpha value is -0.790. The van der Waals surface area contributed by atoms with Gasteiger partial charge in [0.2, 0.25) is 0 Å². The summed E-state index contributed by atoms with van der Waals surface area (Å²) < 4.78 is 2.62. The van der Waals surface area contributed by atoms with E-state index in [2.05, 4.69) is 49.6 Å². The second-order valence-electron chi connectivity index (χ2n) is 13.3. The Morgan fingerprint density at radius 2 is 0.800 bits per heavy atom. The molecule has 2 nitrogen and oxygen atoms in total. The van der Waals surface area contributed by atoms with Crippen molar-refractivity contribution in [2.24, 2.45) is 0 Å². The first-order valence-electron chi connectivity index (χ1n) is 18.8. The van der Waals surface area contributed by atoms with E-state index >= 15 is 0 Å². The predicted octanol–water partition coefficient (Wildman–Crippen LogP) is 13.3. The molecule has 0 bridgehead atoms. The van der Waals surface area contributed by atoms with E-state index in [0.717, 1.165) is 0 Å². The number of hydrogen-bond donors (Lipinski definition) is 1. The number of nitrogens with zero attached hydrogens (tertiary/aromatic N) is 1. The second-order valence-corrected chi connectivity index (χ2v) is 13.3. The van der Waals surface area contributed by atoms with Crippen molar-refractivity contribution >= 4 is 0 Å². The number of imidazole rings is 1. The zero-order valence-electron chi connectivity index (χ0n) is 28.3. The van der Waals surface area contributed by atoms with Gasteiger partial charge in [0.15, 0.2) is 0 Å². The molecule has 0 amide bonds. The molecule has 0 aliphatic carbocycles. The molecule has 1 heterocycles. The van der Waals surface area contributed by atoms with E-state index in [-0.39, 0.29) is 0 Å². The van der Waals surface area contributed by atoms with Crippen LogP contribution in [0.4, 0.5) is 0 Å². The SMILES string of the molecule is CCCCCCCCCCCCCCC(CCCCC)c1[nH]cc[n+]1C(C)CCCCCCCCCCCCC. The van der Waals surface area contributed by atoms with Crippen molar-refractivity contribution in [3.8, 4) is 0 Å². The lowest BCUT2D eigenvalue weighted by Gasteiger charge is -2.17. The molecule has 0 saturated carbocycles. The van der Waals surface area contributed by atoms with Crippen LogP contribution in [0, 0.1) is 0 Å². The first kappa shape index (κ1) is 37.2. The maximum atomic E-state index is 3.71. The van der Waals surface area contributed by atoms with Crippen LogP contribution in [0.25, 0.3) is 0 Å². The summed E-state index contributed by atoms with van der Waals surface area (Å²) >= 11 is 0. The summed E-state index contributed by atoms with van der Waals surface area (Å²) in [6.07, 6.45) is 45.7. The summed E-state index contributed by atoms with van der Waals surface area (Å²) in [6, 6.07) is 0.621. The van der Waals surface area contributed by atoms with Crippen molar-refractivity contribution in [3.05, 3.63) is 18.2 Å². The van der Waals surface area contributed by atoms with E-state index in [1.807, 2.05) is 0 Å². The average Bonchev–Trinajstić information content (AvgIpc) is 3.45. The van der Waals surface area contributed by atoms with Gasteiger partial charge in [-0.2, -0.15) is 0 Å². The fourth-order valence-corrected chi connectivity index (χ4v) is 6.60. The van der Waals surface area contributed by atoms with Gasteiger partial charge in [0.05, 0.1) is 12.0 Å². The molecule has 0 aliphatic heterocycles. The standard InChI is InChI=1S/C38H74N2/c1-5-8-11-13-15-17-19-21-23-25-27-30-33-37(32-28-10-7-3)38-39-34-35-40(38)36(4)31-29-26-24-22-20-18-16-14-12-9-6-2/h34-37H,5-33H2,1-4H3/p+1. The van der Waals surface area contributed by atoms with E-state index in [0.29, 0.717) is 12.0 Å². The van der Waals surface area contributed by atoms with Gasteiger partial charge >= 0.3 is 0 Å². The van der Waals surface area contributed by atoms with Crippen molar-refractivity contribution < 1.29 is 4.57 Å². The van der Waals surface area contributed by atoms with E-state index in [9.17, 15) is 0 Å². The van der Waals surface area contributed by atoms with Crippen molar-refractivity contribution in [2.75, 3.05) is 0 Å². The number of unbranched alkanes of at least 4 members (excludes halogenated alkanes) is 23. The van der Waals surface area contributed by atoms with Crippen LogP contribution in [0.1, 0.15) is 232 Å². The minimum Gasteiger partial charge on any atom is -0.247 e. The fourth-order valence-electron chi connectivity index (χ4n) is 6.60. The highest BCUT2D eigenvalue weighted by Crippen LogP contribution is 2.27. The van der Waals surface area contributed by atoms with Crippen molar-refractivity contribution in [1.82, 2.24) is 4.98 Å². The average molecular weight is 560 g/mol. The van der Waals surface area contributed by atoms with Crippen LogP contribution >= 0.6 is 0 Å². The van der Waals surface area contributed by atoms with Crippen LogP contribution in [-0.4, -0.2) is 4.98 Å². The molecule has 1 rings (SSSR count). The maximum Gasteiger partial charge on any atom is 0.257 e. The van der Waals surface area contributed by atoms with Crippen LogP contribution in [0.3, 0.4) is 0 Å².